The Balaban J connectivity index is 2.17. The summed E-state index contributed by atoms with van der Waals surface area (Å²) < 4.78 is 5.55. The number of amides is 1. The number of benzene rings is 1. The Hall–Kier alpha value is -2.82. The van der Waals surface area contributed by atoms with Crippen molar-refractivity contribution in [1.29, 1.82) is 0 Å². The van der Waals surface area contributed by atoms with Gasteiger partial charge in [0.15, 0.2) is 11.4 Å². The van der Waals surface area contributed by atoms with E-state index >= 15 is 0 Å². The number of H-pyrrole nitrogens is 1. The molecule has 0 unspecified atom stereocenters. The summed E-state index contributed by atoms with van der Waals surface area (Å²) in [6.07, 6.45) is 1.42. The standard InChI is InChI=1S/C17H18N2O3/c1-12(2)10-19-17(21)15-16(14(20)8-9-18-15)22-11-13-6-4-3-5-7-13/h3-9H,1,10-11H2,2H3,(H,18,20)(H,19,21). The summed E-state index contributed by atoms with van der Waals surface area (Å²) >= 11 is 0. The Labute approximate surface area is 128 Å². The average molecular weight is 298 g/mol. The molecule has 2 N–H and O–H groups in total. The van der Waals surface area contributed by atoms with Crippen molar-refractivity contribution in [3.63, 3.8) is 0 Å². The van der Waals surface area contributed by atoms with Gasteiger partial charge in [-0.15, -0.1) is 0 Å². The van der Waals surface area contributed by atoms with Crippen molar-refractivity contribution in [2.75, 3.05) is 6.54 Å². The lowest BCUT2D eigenvalue weighted by molar-refractivity contribution is 0.0946. The van der Waals surface area contributed by atoms with Crippen LogP contribution < -0.4 is 15.5 Å². The van der Waals surface area contributed by atoms with Crippen LogP contribution in [0.5, 0.6) is 5.75 Å². The molecule has 1 aromatic carbocycles. The molecule has 114 valence electrons. The van der Waals surface area contributed by atoms with Crippen molar-refractivity contribution < 1.29 is 9.53 Å². The number of nitrogens with one attached hydrogen (secondary N) is 2. The fourth-order valence-electron chi connectivity index (χ4n) is 1.83. The molecule has 22 heavy (non-hydrogen) atoms. The molecule has 1 heterocycles. The van der Waals surface area contributed by atoms with Crippen LogP contribution in [0, 0.1) is 0 Å². The minimum atomic E-state index is -0.399. The van der Waals surface area contributed by atoms with Gasteiger partial charge in [0, 0.05) is 18.8 Å². The maximum atomic E-state index is 12.1. The smallest absolute Gasteiger partial charge is 0.271 e. The van der Waals surface area contributed by atoms with Crippen LogP contribution in [-0.4, -0.2) is 17.4 Å². The minimum Gasteiger partial charge on any atom is -0.483 e. The molecule has 0 aliphatic heterocycles. The highest BCUT2D eigenvalue weighted by atomic mass is 16.5. The van der Waals surface area contributed by atoms with Gasteiger partial charge < -0.3 is 15.0 Å². The second-order valence-corrected chi connectivity index (χ2v) is 4.96. The predicted molar refractivity (Wildman–Crippen MR) is 85.0 cm³/mol. The van der Waals surface area contributed by atoms with Gasteiger partial charge in [-0.05, 0) is 12.5 Å². The van der Waals surface area contributed by atoms with Gasteiger partial charge in [0.1, 0.15) is 6.61 Å². The first-order valence-electron chi connectivity index (χ1n) is 6.89. The minimum absolute atomic E-state index is 0.0190. The van der Waals surface area contributed by atoms with Crippen molar-refractivity contribution in [1.82, 2.24) is 10.3 Å². The zero-order valence-electron chi connectivity index (χ0n) is 12.4. The van der Waals surface area contributed by atoms with E-state index in [1.165, 1.54) is 12.3 Å². The molecule has 0 aliphatic rings. The Morgan fingerprint density at radius 3 is 2.68 bits per heavy atom. The van der Waals surface area contributed by atoms with Gasteiger partial charge in [-0.1, -0.05) is 42.5 Å². The van der Waals surface area contributed by atoms with Crippen LogP contribution in [0.15, 0.2) is 59.5 Å². The van der Waals surface area contributed by atoms with Crippen LogP contribution >= 0.6 is 0 Å². The lowest BCUT2D eigenvalue weighted by atomic mass is 10.2. The Kier molecular flexibility index (Phi) is 5.14. The van der Waals surface area contributed by atoms with Crippen molar-refractivity contribution in [3.05, 3.63) is 76.2 Å². The Morgan fingerprint density at radius 2 is 2.00 bits per heavy atom. The highest BCUT2D eigenvalue weighted by Crippen LogP contribution is 2.12. The first-order chi connectivity index (χ1) is 10.6. The zero-order chi connectivity index (χ0) is 15.9. The van der Waals surface area contributed by atoms with Crippen molar-refractivity contribution >= 4 is 5.91 Å². The van der Waals surface area contributed by atoms with Crippen LogP contribution in [0.3, 0.4) is 0 Å². The molecule has 0 radical (unpaired) electrons. The second-order valence-electron chi connectivity index (χ2n) is 4.96. The molecular formula is C17H18N2O3. The Morgan fingerprint density at radius 1 is 1.27 bits per heavy atom. The van der Waals surface area contributed by atoms with Gasteiger partial charge in [-0.25, -0.2) is 0 Å². The molecule has 0 atom stereocenters. The van der Waals surface area contributed by atoms with Gasteiger partial charge in [0.2, 0.25) is 5.43 Å². The quantitative estimate of drug-likeness (QED) is 0.804. The molecule has 0 saturated carbocycles. The van der Waals surface area contributed by atoms with E-state index < -0.39 is 5.91 Å². The zero-order valence-corrected chi connectivity index (χ0v) is 12.4. The summed E-state index contributed by atoms with van der Waals surface area (Å²) in [5.74, 6) is -0.380. The molecular weight excluding hydrogens is 280 g/mol. The van der Waals surface area contributed by atoms with Crippen LogP contribution in [0.25, 0.3) is 0 Å². The van der Waals surface area contributed by atoms with Crippen molar-refractivity contribution in [3.8, 4) is 5.75 Å². The number of carbonyl (C=O) groups excluding carboxylic acids is 1. The molecule has 1 aromatic heterocycles. The maximum Gasteiger partial charge on any atom is 0.271 e. The summed E-state index contributed by atoms with van der Waals surface area (Å²) in [6.45, 7) is 6.08. The fraction of sp³-hybridized carbons (Fsp3) is 0.176. The summed E-state index contributed by atoms with van der Waals surface area (Å²) in [5.41, 5.74) is 1.51. The molecule has 1 amide bonds. The summed E-state index contributed by atoms with van der Waals surface area (Å²) in [5, 5.41) is 2.68. The van der Waals surface area contributed by atoms with E-state index in [1.54, 1.807) is 6.92 Å². The predicted octanol–water partition coefficient (Wildman–Crippen LogP) is 2.26. The third-order valence-electron chi connectivity index (χ3n) is 2.92. The molecule has 5 nitrogen and oxygen atoms in total. The van der Waals surface area contributed by atoms with Gasteiger partial charge in [-0.2, -0.15) is 0 Å². The van der Waals surface area contributed by atoms with E-state index in [-0.39, 0.29) is 23.5 Å². The lowest BCUT2D eigenvalue weighted by Crippen LogP contribution is -2.28. The van der Waals surface area contributed by atoms with E-state index in [0.29, 0.717) is 6.54 Å². The van der Waals surface area contributed by atoms with Crippen molar-refractivity contribution in [2.45, 2.75) is 13.5 Å². The number of aromatic nitrogens is 1. The molecule has 0 saturated heterocycles. The highest BCUT2D eigenvalue weighted by molar-refractivity contribution is 5.94. The lowest BCUT2D eigenvalue weighted by Gasteiger charge is -2.11. The topological polar surface area (TPSA) is 71.2 Å². The van der Waals surface area contributed by atoms with E-state index in [1.807, 2.05) is 30.3 Å². The summed E-state index contributed by atoms with van der Waals surface area (Å²) in [7, 11) is 0. The first kappa shape index (κ1) is 15.6. The number of aromatic amines is 1. The molecule has 0 fully saturated rings. The van der Waals surface area contributed by atoms with Gasteiger partial charge >= 0.3 is 0 Å². The maximum absolute atomic E-state index is 12.1. The van der Waals surface area contributed by atoms with Gasteiger partial charge in [-0.3, -0.25) is 9.59 Å². The Bertz CT molecular complexity index is 720. The fourth-order valence-corrected chi connectivity index (χ4v) is 1.83. The van der Waals surface area contributed by atoms with E-state index in [4.69, 9.17) is 4.74 Å². The van der Waals surface area contributed by atoms with Crippen LogP contribution in [-0.2, 0) is 6.61 Å². The molecule has 2 aromatic rings. The van der Waals surface area contributed by atoms with E-state index in [2.05, 4.69) is 16.9 Å². The third-order valence-corrected chi connectivity index (χ3v) is 2.92. The van der Waals surface area contributed by atoms with E-state index in [9.17, 15) is 9.59 Å². The highest BCUT2D eigenvalue weighted by Gasteiger charge is 2.16. The number of carbonyl (C=O) groups is 1. The largest absolute Gasteiger partial charge is 0.483 e. The summed E-state index contributed by atoms with van der Waals surface area (Å²) in [4.78, 5) is 26.9. The molecule has 0 spiro atoms. The van der Waals surface area contributed by atoms with Crippen LogP contribution in [0.4, 0.5) is 0 Å². The molecule has 0 aliphatic carbocycles. The van der Waals surface area contributed by atoms with Crippen LogP contribution in [0.2, 0.25) is 0 Å². The molecule has 2 rings (SSSR count). The van der Waals surface area contributed by atoms with Crippen molar-refractivity contribution in [2.24, 2.45) is 0 Å². The second kappa shape index (κ2) is 7.26. The van der Waals surface area contributed by atoms with Gasteiger partial charge in [0.05, 0.1) is 0 Å². The number of ether oxygens (including phenoxy) is 1. The third kappa shape index (κ3) is 4.09. The molecule has 5 heteroatoms. The monoisotopic (exact) mass is 298 g/mol. The number of hydrogen-bond acceptors (Lipinski definition) is 3. The van der Waals surface area contributed by atoms with E-state index in [0.717, 1.165) is 11.1 Å². The number of pyridine rings is 1. The van der Waals surface area contributed by atoms with Crippen LogP contribution in [0.1, 0.15) is 23.0 Å². The number of hydrogen-bond donors (Lipinski definition) is 2. The average Bonchev–Trinajstić information content (AvgIpc) is 2.52. The normalized spacial score (nSPS) is 10.0. The van der Waals surface area contributed by atoms with Gasteiger partial charge in [0.25, 0.3) is 5.91 Å². The SMILES string of the molecule is C=C(C)CNC(=O)c1[nH]ccc(=O)c1OCc1ccccc1. The number of rotatable bonds is 6. The molecule has 0 bridgehead atoms. The summed E-state index contributed by atoms with van der Waals surface area (Å²) in [6, 6.07) is 10.8. The first-order valence-corrected chi connectivity index (χ1v) is 6.89.